The lowest BCUT2D eigenvalue weighted by Crippen LogP contribution is -2.58. The average molecular weight is 624 g/mol. The Hall–Kier alpha value is -5.44. The maximum atomic E-state index is 13.5. The summed E-state index contributed by atoms with van der Waals surface area (Å²) in [6.45, 7) is 0. The van der Waals surface area contributed by atoms with E-state index in [1.54, 1.807) is 6.20 Å². The lowest BCUT2D eigenvalue weighted by atomic mass is 10.0. The number of aromatic nitrogens is 1. The minimum Gasteiger partial charge on any atom is -0.508 e. The van der Waals surface area contributed by atoms with Gasteiger partial charge in [0.25, 0.3) is 0 Å². The molecule has 0 spiro atoms. The Balaban J connectivity index is 1.79. The van der Waals surface area contributed by atoms with Gasteiger partial charge in [-0.2, -0.15) is 0 Å². The molecular weight excluding hydrogens is 586 g/mol. The first-order valence-electron chi connectivity index (χ1n) is 14.1. The number of rotatable bonds is 17. The standard InChI is InChI=1S/C30H37N7O8/c31-20(14-17-15-34-21-4-2-1-3-19(17)21)27(41)35-22(9-11-25(32)39)28(42)37-24(13-16-5-7-18(38)8-6-16)29(43)36-23(30(44)45)10-12-26(33)40/h1-8,15,20,22-24,34,38H,9-14,31H2,(H2,32,39)(H2,33,40)(H,35,41)(H,36,43)(H,37,42)(H,44,45). The van der Waals surface area contributed by atoms with Gasteiger partial charge in [-0.15, -0.1) is 0 Å². The summed E-state index contributed by atoms with van der Waals surface area (Å²) < 4.78 is 0. The maximum Gasteiger partial charge on any atom is 0.326 e. The van der Waals surface area contributed by atoms with E-state index >= 15 is 0 Å². The number of carbonyl (C=O) groups is 6. The van der Waals surface area contributed by atoms with Crippen molar-refractivity contribution in [1.82, 2.24) is 20.9 Å². The predicted molar refractivity (Wildman–Crippen MR) is 162 cm³/mol. The largest absolute Gasteiger partial charge is 0.508 e. The molecule has 3 rings (SSSR count). The molecule has 0 fully saturated rings. The second kappa shape index (κ2) is 15.9. The number of phenolic OH excluding ortho intramolecular Hbond substituents is 1. The molecule has 12 N–H and O–H groups in total. The molecule has 4 unspecified atom stereocenters. The van der Waals surface area contributed by atoms with E-state index < -0.39 is 59.7 Å². The van der Waals surface area contributed by atoms with E-state index in [-0.39, 0.29) is 44.3 Å². The van der Waals surface area contributed by atoms with Crippen LogP contribution in [0.3, 0.4) is 0 Å². The zero-order valence-corrected chi connectivity index (χ0v) is 24.3. The molecule has 2 aromatic carbocycles. The van der Waals surface area contributed by atoms with Crippen molar-refractivity contribution in [1.29, 1.82) is 0 Å². The zero-order valence-electron chi connectivity index (χ0n) is 24.3. The summed E-state index contributed by atoms with van der Waals surface area (Å²) in [6, 6.07) is 7.90. The first-order valence-corrected chi connectivity index (χ1v) is 14.1. The van der Waals surface area contributed by atoms with Crippen molar-refractivity contribution in [3.05, 3.63) is 65.9 Å². The summed E-state index contributed by atoms with van der Waals surface area (Å²) >= 11 is 0. The van der Waals surface area contributed by atoms with Crippen LogP contribution in [0.5, 0.6) is 5.75 Å². The van der Waals surface area contributed by atoms with Crippen LogP contribution in [0.15, 0.2) is 54.7 Å². The number of benzene rings is 2. The number of nitrogens with one attached hydrogen (secondary N) is 4. The van der Waals surface area contributed by atoms with Crippen molar-refractivity contribution >= 4 is 46.4 Å². The highest BCUT2D eigenvalue weighted by atomic mass is 16.4. The van der Waals surface area contributed by atoms with Crippen molar-refractivity contribution in [2.45, 2.75) is 62.7 Å². The quantitative estimate of drug-likeness (QED) is 0.0896. The summed E-state index contributed by atoms with van der Waals surface area (Å²) in [4.78, 5) is 77.4. The first-order chi connectivity index (χ1) is 21.3. The number of nitrogens with two attached hydrogens (primary N) is 3. The topological polar surface area (TPSA) is 273 Å². The molecule has 1 aromatic heterocycles. The van der Waals surface area contributed by atoms with E-state index in [1.807, 2.05) is 24.3 Å². The number of aliphatic carboxylic acids is 1. The molecule has 0 aliphatic rings. The number of aromatic amines is 1. The monoisotopic (exact) mass is 623 g/mol. The Morgan fingerprint density at radius 1 is 0.733 bits per heavy atom. The highest BCUT2D eigenvalue weighted by molar-refractivity contribution is 5.95. The number of H-pyrrole nitrogens is 1. The molecule has 15 heteroatoms. The third kappa shape index (κ3) is 10.4. The fraction of sp³-hybridized carbons (Fsp3) is 0.333. The summed E-state index contributed by atoms with van der Waals surface area (Å²) in [6.07, 6.45) is 0.629. The Bertz CT molecular complexity index is 1540. The van der Waals surface area contributed by atoms with Crippen LogP contribution in [-0.2, 0) is 41.6 Å². The maximum absolute atomic E-state index is 13.5. The number of phenols is 1. The first kappa shape index (κ1) is 34.1. The number of carboxylic acids is 1. The summed E-state index contributed by atoms with van der Waals surface area (Å²) in [5, 5.41) is 27.4. The predicted octanol–water partition coefficient (Wildman–Crippen LogP) is -0.944. The van der Waals surface area contributed by atoms with Gasteiger partial charge in [0.1, 0.15) is 23.9 Å². The van der Waals surface area contributed by atoms with Gasteiger partial charge >= 0.3 is 5.97 Å². The van der Waals surface area contributed by atoms with Crippen LogP contribution in [0.2, 0.25) is 0 Å². The second-order valence-corrected chi connectivity index (χ2v) is 10.6. The number of primary amides is 2. The number of amides is 5. The number of fused-ring (bicyclic) bond motifs is 1. The molecule has 15 nitrogen and oxygen atoms in total. The molecule has 3 aromatic rings. The van der Waals surface area contributed by atoms with Crippen LogP contribution in [0.1, 0.15) is 36.8 Å². The Kier molecular flexibility index (Phi) is 12.0. The number of hydrogen-bond donors (Lipinski definition) is 9. The van der Waals surface area contributed by atoms with Gasteiger partial charge in [-0.25, -0.2) is 4.79 Å². The lowest BCUT2D eigenvalue weighted by Gasteiger charge is -2.25. The van der Waals surface area contributed by atoms with Gasteiger partial charge in [-0.3, -0.25) is 24.0 Å². The highest BCUT2D eigenvalue weighted by Crippen LogP contribution is 2.19. The van der Waals surface area contributed by atoms with E-state index in [1.165, 1.54) is 24.3 Å². The third-order valence-corrected chi connectivity index (χ3v) is 7.07. The smallest absolute Gasteiger partial charge is 0.326 e. The third-order valence-electron chi connectivity index (χ3n) is 7.07. The van der Waals surface area contributed by atoms with E-state index in [4.69, 9.17) is 17.2 Å². The molecule has 0 bridgehead atoms. The Labute approximate surface area is 257 Å². The lowest BCUT2D eigenvalue weighted by molar-refractivity contribution is -0.142. The zero-order chi connectivity index (χ0) is 33.1. The van der Waals surface area contributed by atoms with Crippen LogP contribution in [-0.4, -0.2) is 74.9 Å². The normalized spacial score (nSPS) is 13.6. The Morgan fingerprint density at radius 3 is 1.91 bits per heavy atom. The SMILES string of the molecule is NC(=O)CCC(NC(=O)C(Cc1ccc(O)cc1)NC(=O)C(CCC(N)=O)NC(=O)C(N)Cc1c[nH]c2ccccc12)C(=O)O. The van der Waals surface area contributed by atoms with Gasteiger partial charge in [0.15, 0.2) is 0 Å². The van der Waals surface area contributed by atoms with Crippen LogP contribution in [0, 0.1) is 0 Å². The van der Waals surface area contributed by atoms with Crippen LogP contribution in [0.4, 0.5) is 0 Å². The molecule has 0 aliphatic carbocycles. The number of hydrogen-bond acceptors (Lipinski definition) is 8. The van der Waals surface area contributed by atoms with E-state index in [2.05, 4.69) is 20.9 Å². The van der Waals surface area contributed by atoms with Crippen molar-refractivity contribution in [2.75, 3.05) is 0 Å². The molecule has 240 valence electrons. The van der Waals surface area contributed by atoms with Gasteiger partial charge in [0.05, 0.1) is 6.04 Å². The summed E-state index contributed by atoms with van der Waals surface area (Å²) in [5.74, 6) is -5.41. The fourth-order valence-corrected chi connectivity index (χ4v) is 4.63. The molecule has 0 saturated carbocycles. The van der Waals surface area contributed by atoms with Gasteiger partial charge in [0, 0.05) is 36.4 Å². The number of carbonyl (C=O) groups excluding carboxylic acids is 5. The number of aromatic hydroxyl groups is 1. The highest BCUT2D eigenvalue weighted by Gasteiger charge is 2.31. The van der Waals surface area contributed by atoms with Crippen LogP contribution >= 0.6 is 0 Å². The van der Waals surface area contributed by atoms with Gasteiger partial charge in [-0.1, -0.05) is 30.3 Å². The molecule has 0 saturated heterocycles. The van der Waals surface area contributed by atoms with Gasteiger partial charge in [-0.05, 0) is 48.6 Å². The van der Waals surface area contributed by atoms with E-state index in [0.29, 0.717) is 5.56 Å². The van der Waals surface area contributed by atoms with Crippen LogP contribution in [0.25, 0.3) is 10.9 Å². The second-order valence-electron chi connectivity index (χ2n) is 10.6. The van der Waals surface area contributed by atoms with Crippen molar-refractivity contribution in [3.63, 3.8) is 0 Å². The summed E-state index contributed by atoms with van der Waals surface area (Å²) in [5.41, 5.74) is 18.7. The molecule has 4 atom stereocenters. The minimum absolute atomic E-state index is 0.0422. The summed E-state index contributed by atoms with van der Waals surface area (Å²) in [7, 11) is 0. The molecule has 45 heavy (non-hydrogen) atoms. The molecule has 5 amide bonds. The number of para-hydroxylation sites is 1. The van der Waals surface area contributed by atoms with Crippen LogP contribution < -0.4 is 33.2 Å². The molecule has 1 heterocycles. The Morgan fingerprint density at radius 2 is 1.29 bits per heavy atom. The fourth-order valence-electron chi connectivity index (χ4n) is 4.63. The van der Waals surface area contributed by atoms with Crippen molar-refractivity contribution < 1.29 is 39.0 Å². The van der Waals surface area contributed by atoms with Crippen molar-refractivity contribution in [3.8, 4) is 5.75 Å². The van der Waals surface area contributed by atoms with E-state index in [0.717, 1.165) is 16.5 Å². The average Bonchev–Trinajstić information content (AvgIpc) is 3.39. The van der Waals surface area contributed by atoms with Gasteiger partial charge in [0.2, 0.25) is 29.5 Å². The minimum atomic E-state index is -1.49. The molecule has 0 aliphatic heterocycles. The molecule has 0 radical (unpaired) electrons. The van der Waals surface area contributed by atoms with Gasteiger partial charge < -0.3 is 48.3 Å². The molecular formula is C30H37N7O8. The van der Waals surface area contributed by atoms with E-state index in [9.17, 15) is 39.0 Å². The van der Waals surface area contributed by atoms with Crippen molar-refractivity contribution in [2.24, 2.45) is 17.2 Å². The number of carboxylic acid groups (broad SMARTS) is 1.